The zero-order valence-electron chi connectivity index (χ0n) is 11.2. The monoisotopic (exact) mass is 321 g/mol. The number of benzene rings is 2. The highest BCUT2D eigenvalue weighted by Crippen LogP contribution is 2.25. The van der Waals surface area contributed by atoms with Crippen molar-refractivity contribution in [1.82, 2.24) is 14.8 Å². The van der Waals surface area contributed by atoms with Crippen LogP contribution in [0.5, 0.6) is 0 Å². The highest BCUT2D eigenvalue weighted by molar-refractivity contribution is 8.13. The van der Waals surface area contributed by atoms with Gasteiger partial charge in [-0.25, -0.2) is 8.42 Å². The van der Waals surface area contributed by atoms with Gasteiger partial charge in [-0.15, -0.1) is 10.2 Å². The summed E-state index contributed by atoms with van der Waals surface area (Å²) in [5.74, 6) is 0.488. The third-order valence-corrected chi connectivity index (χ3v) is 4.41. The quantitative estimate of drug-likeness (QED) is 0.695. The van der Waals surface area contributed by atoms with E-state index in [0.717, 1.165) is 16.3 Å². The van der Waals surface area contributed by atoms with Crippen LogP contribution in [0.15, 0.2) is 47.6 Å². The van der Waals surface area contributed by atoms with Crippen molar-refractivity contribution in [1.29, 1.82) is 0 Å². The van der Waals surface area contributed by atoms with Gasteiger partial charge in [-0.3, -0.25) is 4.57 Å². The van der Waals surface area contributed by atoms with Crippen molar-refractivity contribution >= 4 is 30.5 Å². The van der Waals surface area contributed by atoms with Gasteiger partial charge >= 0.3 is 0 Å². The first kappa shape index (κ1) is 14.0. The number of hydrogen-bond acceptors (Lipinski definition) is 4. The fraction of sp³-hybridized carbons (Fsp3) is 0.143. The van der Waals surface area contributed by atoms with E-state index in [1.54, 1.807) is 0 Å². The van der Waals surface area contributed by atoms with Gasteiger partial charge in [-0.2, -0.15) is 0 Å². The maximum Gasteiger partial charge on any atom is 0.296 e. The molecule has 0 atom stereocenters. The van der Waals surface area contributed by atoms with Crippen LogP contribution in [0.25, 0.3) is 22.2 Å². The van der Waals surface area contributed by atoms with Gasteiger partial charge in [0, 0.05) is 22.8 Å². The van der Waals surface area contributed by atoms with Crippen LogP contribution in [-0.2, 0) is 15.6 Å². The number of halogens is 1. The largest absolute Gasteiger partial charge is 0.297 e. The van der Waals surface area contributed by atoms with Gasteiger partial charge in [0.15, 0.2) is 5.82 Å². The Bertz CT molecular complexity index is 919. The molecule has 0 spiro atoms. The Hall–Kier alpha value is -1.92. The number of nitrogens with zero attached hydrogens (tertiary/aromatic N) is 3. The summed E-state index contributed by atoms with van der Waals surface area (Å²) in [6.45, 7) is 2.23. The molecule has 2 aromatic carbocycles. The Labute approximate surface area is 126 Å². The molecule has 0 aliphatic carbocycles. The Morgan fingerprint density at radius 1 is 1.10 bits per heavy atom. The lowest BCUT2D eigenvalue weighted by molar-refractivity contribution is 0.583. The second kappa shape index (κ2) is 5.13. The van der Waals surface area contributed by atoms with Gasteiger partial charge in [0.25, 0.3) is 14.2 Å². The molecule has 108 valence electrons. The van der Waals surface area contributed by atoms with E-state index in [2.05, 4.69) is 10.2 Å². The van der Waals surface area contributed by atoms with E-state index in [0.29, 0.717) is 12.4 Å². The Morgan fingerprint density at radius 2 is 1.81 bits per heavy atom. The summed E-state index contributed by atoms with van der Waals surface area (Å²) in [5.41, 5.74) is 0.801. The molecule has 3 rings (SSSR count). The second-order valence-electron chi connectivity index (χ2n) is 4.55. The molecule has 0 radical (unpaired) electrons. The summed E-state index contributed by atoms with van der Waals surface area (Å²) in [6, 6.07) is 13.7. The smallest absolute Gasteiger partial charge is 0.296 e. The summed E-state index contributed by atoms with van der Waals surface area (Å²) in [6.07, 6.45) is 0. The van der Waals surface area contributed by atoms with Crippen molar-refractivity contribution in [3.63, 3.8) is 0 Å². The molecule has 0 fully saturated rings. The molecule has 0 aliphatic heterocycles. The molecule has 1 aromatic heterocycles. The molecule has 3 aromatic rings. The highest BCUT2D eigenvalue weighted by Gasteiger charge is 2.22. The van der Waals surface area contributed by atoms with Gasteiger partial charge in [0.1, 0.15) is 0 Å². The SMILES string of the molecule is CCn1c(-c2ccc3ccccc3c2)nnc1S(=O)(=O)Cl. The molecule has 1 heterocycles. The van der Waals surface area contributed by atoms with Crippen molar-refractivity contribution in [2.45, 2.75) is 18.6 Å². The fourth-order valence-corrected chi connectivity index (χ4v) is 3.26. The number of hydrogen-bond donors (Lipinski definition) is 0. The van der Waals surface area contributed by atoms with Crippen LogP contribution in [0.1, 0.15) is 6.92 Å². The predicted octanol–water partition coefficient (Wildman–Crippen LogP) is 3.05. The molecule has 21 heavy (non-hydrogen) atoms. The maximum absolute atomic E-state index is 11.5. The van der Waals surface area contributed by atoms with E-state index in [1.165, 1.54) is 4.57 Å². The first-order valence-electron chi connectivity index (χ1n) is 6.37. The molecule has 0 N–H and O–H groups in total. The van der Waals surface area contributed by atoms with Gasteiger partial charge in [-0.1, -0.05) is 36.4 Å². The molecule has 0 saturated carbocycles. The minimum Gasteiger partial charge on any atom is -0.297 e. The fourth-order valence-electron chi connectivity index (χ4n) is 2.30. The highest BCUT2D eigenvalue weighted by atomic mass is 35.7. The summed E-state index contributed by atoms with van der Waals surface area (Å²) in [4.78, 5) is 0. The normalized spacial score (nSPS) is 11.9. The first-order chi connectivity index (χ1) is 10.0. The molecule has 0 bridgehead atoms. The average Bonchev–Trinajstić information content (AvgIpc) is 2.90. The van der Waals surface area contributed by atoms with Crippen LogP contribution in [0.4, 0.5) is 0 Å². The average molecular weight is 322 g/mol. The lowest BCUT2D eigenvalue weighted by Gasteiger charge is -2.06. The van der Waals surface area contributed by atoms with Gasteiger partial charge < -0.3 is 0 Å². The van der Waals surface area contributed by atoms with Gasteiger partial charge in [0.2, 0.25) is 0 Å². The van der Waals surface area contributed by atoms with Crippen molar-refractivity contribution in [3.05, 3.63) is 42.5 Å². The molecule has 0 amide bonds. The topological polar surface area (TPSA) is 64.8 Å². The standard InChI is InChI=1S/C14H12ClN3O2S/c1-2-18-13(16-17-14(18)21(15,19)20)12-8-7-10-5-3-4-6-11(10)9-12/h3-9H,2H2,1H3. The van der Waals surface area contributed by atoms with Gasteiger partial charge in [0.05, 0.1) is 0 Å². The van der Waals surface area contributed by atoms with Crippen LogP contribution < -0.4 is 0 Å². The Kier molecular flexibility index (Phi) is 3.43. The Morgan fingerprint density at radius 3 is 2.48 bits per heavy atom. The molecule has 0 unspecified atom stereocenters. The minimum atomic E-state index is -3.91. The van der Waals surface area contributed by atoms with E-state index >= 15 is 0 Å². The third kappa shape index (κ3) is 2.52. The lowest BCUT2D eigenvalue weighted by Crippen LogP contribution is -2.06. The summed E-state index contributed by atoms with van der Waals surface area (Å²) >= 11 is 0. The molecule has 0 aliphatic rings. The summed E-state index contributed by atoms with van der Waals surface area (Å²) < 4.78 is 24.5. The predicted molar refractivity (Wildman–Crippen MR) is 81.7 cm³/mol. The van der Waals surface area contributed by atoms with Crippen LogP contribution in [0.3, 0.4) is 0 Å². The van der Waals surface area contributed by atoms with E-state index in [4.69, 9.17) is 10.7 Å². The molecule has 7 heteroatoms. The van der Waals surface area contributed by atoms with Crippen molar-refractivity contribution < 1.29 is 8.42 Å². The summed E-state index contributed by atoms with van der Waals surface area (Å²) in [7, 11) is 1.47. The molecule has 0 saturated heterocycles. The van der Waals surface area contributed by atoms with Crippen LogP contribution in [0, 0.1) is 0 Å². The number of fused-ring (bicyclic) bond motifs is 1. The summed E-state index contributed by atoms with van der Waals surface area (Å²) in [5, 5.41) is 9.62. The van der Waals surface area contributed by atoms with Crippen molar-refractivity contribution in [2.75, 3.05) is 0 Å². The van der Waals surface area contributed by atoms with Crippen LogP contribution in [-0.4, -0.2) is 23.2 Å². The van der Waals surface area contributed by atoms with E-state index in [1.807, 2.05) is 49.4 Å². The molecule has 5 nitrogen and oxygen atoms in total. The lowest BCUT2D eigenvalue weighted by atomic mass is 10.1. The molecular weight excluding hydrogens is 310 g/mol. The number of rotatable bonds is 3. The van der Waals surface area contributed by atoms with Crippen LogP contribution >= 0.6 is 10.7 Å². The zero-order valence-corrected chi connectivity index (χ0v) is 12.8. The third-order valence-electron chi connectivity index (χ3n) is 3.26. The number of aromatic nitrogens is 3. The van der Waals surface area contributed by atoms with E-state index in [-0.39, 0.29) is 5.16 Å². The van der Waals surface area contributed by atoms with Crippen LogP contribution in [0.2, 0.25) is 0 Å². The van der Waals surface area contributed by atoms with Crippen molar-refractivity contribution in [3.8, 4) is 11.4 Å². The molecular formula is C14H12ClN3O2S. The maximum atomic E-state index is 11.5. The second-order valence-corrected chi connectivity index (χ2v) is 7.01. The van der Waals surface area contributed by atoms with Crippen molar-refractivity contribution in [2.24, 2.45) is 0 Å². The van der Waals surface area contributed by atoms with Gasteiger partial charge in [-0.05, 0) is 23.8 Å². The zero-order chi connectivity index (χ0) is 15.0. The Balaban J connectivity index is 2.21. The van der Waals surface area contributed by atoms with E-state index in [9.17, 15) is 8.42 Å². The minimum absolute atomic E-state index is 0.227. The van der Waals surface area contributed by atoms with E-state index < -0.39 is 9.05 Å². The first-order valence-corrected chi connectivity index (χ1v) is 8.68.